The topological polar surface area (TPSA) is 12.0 Å². The Kier molecular flexibility index (Phi) is 4.82. The highest BCUT2D eigenvalue weighted by Gasteiger charge is 2.24. The molecule has 1 aliphatic rings. The van der Waals surface area contributed by atoms with E-state index in [1.807, 2.05) is 0 Å². The van der Waals surface area contributed by atoms with Crippen LogP contribution in [0.2, 0.25) is 0 Å². The van der Waals surface area contributed by atoms with Crippen LogP contribution >= 0.6 is 0 Å². The van der Waals surface area contributed by atoms with Crippen molar-refractivity contribution < 1.29 is 0 Å². The zero-order chi connectivity index (χ0) is 13.0. The van der Waals surface area contributed by atoms with Crippen LogP contribution in [0.25, 0.3) is 0 Å². The molecule has 1 N–H and O–H groups in total. The van der Waals surface area contributed by atoms with E-state index >= 15 is 0 Å². The summed E-state index contributed by atoms with van der Waals surface area (Å²) in [5.74, 6) is 1.58. The Morgan fingerprint density at radius 2 is 1.72 bits per heavy atom. The minimum Gasteiger partial charge on any atom is -0.313 e. The Morgan fingerprint density at radius 1 is 1.11 bits per heavy atom. The second kappa shape index (κ2) is 6.38. The molecule has 1 heteroatoms. The van der Waals surface area contributed by atoms with Crippen LogP contribution in [-0.4, -0.2) is 7.05 Å². The van der Waals surface area contributed by atoms with Gasteiger partial charge in [-0.15, -0.1) is 0 Å². The minimum atomic E-state index is 0.556. The quantitative estimate of drug-likeness (QED) is 0.814. The summed E-state index contributed by atoms with van der Waals surface area (Å²) in [5, 5.41) is 3.52. The average molecular weight is 245 g/mol. The summed E-state index contributed by atoms with van der Waals surface area (Å²) in [6.07, 6.45) is 6.79. The van der Waals surface area contributed by atoms with Crippen LogP contribution < -0.4 is 5.32 Å². The molecule has 0 amide bonds. The van der Waals surface area contributed by atoms with Gasteiger partial charge in [-0.25, -0.2) is 0 Å². The fraction of sp³-hybridized carbons (Fsp3) is 0.647. The van der Waals surface area contributed by atoms with Gasteiger partial charge in [0, 0.05) is 6.04 Å². The van der Waals surface area contributed by atoms with Crippen molar-refractivity contribution >= 4 is 0 Å². The third kappa shape index (κ3) is 3.35. The van der Waals surface area contributed by atoms with E-state index in [1.165, 1.54) is 43.2 Å². The van der Waals surface area contributed by atoms with Crippen molar-refractivity contribution in [2.45, 2.75) is 52.0 Å². The first-order chi connectivity index (χ1) is 8.70. The molecule has 1 nitrogen and oxygen atoms in total. The van der Waals surface area contributed by atoms with Gasteiger partial charge in [-0.1, -0.05) is 51.0 Å². The Bertz CT molecular complexity index is 346. The summed E-state index contributed by atoms with van der Waals surface area (Å²) < 4.78 is 0. The monoisotopic (exact) mass is 245 g/mol. The van der Waals surface area contributed by atoms with Gasteiger partial charge >= 0.3 is 0 Å². The second-order valence-corrected chi connectivity index (χ2v) is 6.15. The number of benzene rings is 1. The highest BCUT2D eigenvalue weighted by atomic mass is 14.9. The van der Waals surface area contributed by atoms with E-state index < -0.39 is 0 Å². The van der Waals surface area contributed by atoms with Gasteiger partial charge in [-0.2, -0.15) is 0 Å². The molecular formula is C17H27N. The molecule has 0 radical (unpaired) electrons. The first kappa shape index (κ1) is 13.6. The number of hydrogen-bond acceptors (Lipinski definition) is 1. The first-order valence-corrected chi connectivity index (χ1v) is 7.47. The molecule has 1 unspecified atom stereocenters. The lowest BCUT2D eigenvalue weighted by atomic mass is 9.90. The van der Waals surface area contributed by atoms with Crippen LogP contribution in [0.4, 0.5) is 0 Å². The summed E-state index contributed by atoms with van der Waals surface area (Å²) in [6.45, 7) is 4.56. The van der Waals surface area contributed by atoms with Crippen LogP contribution in [0, 0.1) is 11.8 Å². The number of hydrogen-bond donors (Lipinski definition) is 1. The molecule has 0 bridgehead atoms. The van der Waals surface area contributed by atoms with Gasteiger partial charge in [0.2, 0.25) is 0 Å². The molecule has 1 aromatic carbocycles. The maximum atomic E-state index is 3.52. The molecule has 0 spiro atoms. The van der Waals surface area contributed by atoms with Gasteiger partial charge < -0.3 is 5.32 Å². The number of nitrogens with one attached hydrogen (secondary N) is 1. The van der Waals surface area contributed by atoms with Crippen molar-refractivity contribution in [2.24, 2.45) is 11.8 Å². The molecule has 1 fully saturated rings. The van der Waals surface area contributed by atoms with E-state index in [1.54, 1.807) is 0 Å². The molecule has 18 heavy (non-hydrogen) atoms. The fourth-order valence-electron chi connectivity index (χ4n) is 3.30. The van der Waals surface area contributed by atoms with E-state index in [2.05, 4.69) is 50.5 Å². The molecule has 0 aromatic heterocycles. The molecule has 100 valence electrons. The predicted octanol–water partition coefficient (Wildman–Crippen LogP) is 4.34. The van der Waals surface area contributed by atoms with Gasteiger partial charge in [-0.3, -0.25) is 0 Å². The molecule has 1 aromatic rings. The molecule has 0 saturated heterocycles. The Hall–Kier alpha value is -0.820. The van der Waals surface area contributed by atoms with Crippen LogP contribution in [-0.2, 0) is 6.42 Å². The zero-order valence-corrected chi connectivity index (χ0v) is 12.1. The second-order valence-electron chi connectivity index (χ2n) is 6.15. The van der Waals surface area contributed by atoms with E-state index in [4.69, 9.17) is 0 Å². The maximum absolute atomic E-state index is 3.52. The lowest BCUT2D eigenvalue weighted by Crippen LogP contribution is -2.23. The molecular weight excluding hydrogens is 218 g/mol. The Labute approximate surface area is 112 Å². The Morgan fingerprint density at radius 3 is 2.22 bits per heavy atom. The third-order valence-corrected chi connectivity index (χ3v) is 4.17. The molecule has 1 saturated carbocycles. The molecule has 1 aliphatic carbocycles. The first-order valence-electron chi connectivity index (χ1n) is 7.47. The van der Waals surface area contributed by atoms with E-state index in [-0.39, 0.29) is 0 Å². The minimum absolute atomic E-state index is 0.556. The summed E-state index contributed by atoms with van der Waals surface area (Å²) >= 11 is 0. The zero-order valence-electron chi connectivity index (χ0n) is 12.1. The maximum Gasteiger partial charge on any atom is 0.0346 e. The van der Waals surface area contributed by atoms with E-state index in [0.717, 1.165) is 11.8 Å². The van der Waals surface area contributed by atoms with Gasteiger partial charge in [0.25, 0.3) is 0 Å². The van der Waals surface area contributed by atoms with Crippen molar-refractivity contribution in [1.82, 2.24) is 5.32 Å². The standard InChI is InChI=1S/C17H27N/c1-13(2)12-14-8-10-16(11-9-14)17(18-3)15-6-4-5-7-15/h8-11,13,15,17-18H,4-7,12H2,1-3H3. The van der Waals surface area contributed by atoms with Gasteiger partial charge in [0.15, 0.2) is 0 Å². The Balaban J connectivity index is 2.06. The molecule has 0 heterocycles. The largest absolute Gasteiger partial charge is 0.313 e. The molecule has 2 rings (SSSR count). The molecule has 1 atom stereocenters. The lowest BCUT2D eigenvalue weighted by molar-refractivity contribution is 0.390. The summed E-state index contributed by atoms with van der Waals surface area (Å²) in [6, 6.07) is 9.85. The molecule has 0 aliphatic heterocycles. The highest BCUT2D eigenvalue weighted by molar-refractivity contribution is 5.26. The van der Waals surface area contributed by atoms with Crippen LogP contribution in [0.3, 0.4) is 0 Å². The van der Waals surface area contributed by atoms with Crippen molar-refractivity contribution in [3.05, 3.63) is 35.4 Å². The SMILES string of the molecule is CNC(c1ccc(CC(C)C)cc1)C1CCCC1. The smallest absolute Gasteiger partial charge is 0.0346 e. The van der Waals surface area contributed by atoms with Gasteiger partial charge in [0.1, 0.15) is 0 Å². The van der Waals surface area contributed by atoms with E-state index in [9.17, 15) is 0 Å². The third-order valence-electron chi connectivity index (χ3n) is 4.17. The van der Waals surface area contributed by atoms with Crippen LogP contribution in [0.15, 0.2) is 24.3 Å². The van der Waals surface area contributed by atoms with Crippen LogP contribution in [0.5, 0.6) is 0 Å². The van der Waals surface area contributed by atoms with E-state index in [0.29, 0.717) is 6.04 Å². The fourth-order valence-corrected chi connectivity index (χ4v) is 3.30. The van der Waals surface area contributed by atoms with Gasteiger partial charge in [0.05, 0.1) is 0 Å². The van der Waals surface area contributed by atoms with Crippen molar-refractivity contribution in [3.8, 4) is 0 Å². The van der Waals surface area contributed by atoms with Crippen molar-refractivity contribution in [3.63, 3.8) is 0 Å². The lowest BCUT2D eigenvalue weighted by Gasteiger charge is -2.23. The van der Waals surface area contributed by atoms with Crippen LogP contribution in [0.1, 0.15) is 56.7 Å². The average Bonchev–Trinajstić information content (AvgIpc) is 2.85. The highest BCUT2D eigenvalue weighted by Crippen LogP contribution is 2.35. The normalized spacial score (nSPS) is 18.4. The van der Waals surface area contributed by atoms with Gasteiger partial charge in [-0.05, 0) is 49.3 Å². The summed E-state index contributed by atoms with van der Waals surface area (Å²) in [7, 11) is 2.10. The summed E-state index contributed by atoms with van der Waals surface area (Å²) in [5.41, 5.74) is 2.94. The number of rotatable bonds is 5. The predicted molar refractivity (Wildman–Crippen MR) is 78.7 cm³/mol. The van der Waals surface area contributed by atoms with Crippen molar-refractivity contribution in [2.75, 3.05) is 7.05 Å². The van der Waals surface area contributed by atoms with Crippen molar-refractivity contribution in [1.29, 1.82) is 0 Å². The summed E-state index contributed by atoms with van der Waals surface area (Å²) in [4.78, 5) is 0.